The third-order valence-electron chi connectivity index (χ3n) is 2.80. The van der Waals surface area contributed by atoms with Crippen molar-refractivity contribution in [2.75, 3.05) is 16.8 Å². The van der Waals surface area contributed by atoms with E-state index in [1.54, 1.807) is 23.9 Å². The van der Waals surface area contributed by atoms with Crippen molar-refractivity contribution in [1.29, 1.82) is 0 Å². The van der Waals surface area contributed by atoms with Crippen LogP contribution in [0, 0.1) is 0 Å². The van der Waals surface area contributed by atoms with Gasteiger partial charge in [-0.05, 0) is 31.2 Å². The van der Waals surface area contributed by atoms with Gasteiger partial charge in [0.15, 0.2) is 0 Å². The first-order valence-corrected chi connectivity index (χ1v) is 8.43. The zero-order chi connectivity index (χ0) is 15.1. The fraction of sp³-hybridized carbons (Fsp3) is 0.500. The molecule has 20 heavy (non-hydrogen) atoms. The zero-order valence-corrected chi connectivity index (χ0v) is 14.0. The molecular weight excluding hydrogens is 315 g/mol. The second-order valence-corrected chi connectivity index (χ2v) is 6.83. The maximum Gasteiger partial charge on any atom is 0.237 e. The molecule has 0 aliphatic heterocycles. The Bertz CT molecular complexity index is 445. The quantitative estimate of drug-likeness (QED) is 0.554. The van der Waals surface area contributed by atoms with Gasteiger partial charge in [0.25, 0.3) is 0 Å². The average molecular weight is 335 g/mol. The Morgan fingerprint density at radius 3 is 2.50 bits per heavy atom. The van der Waals surface area contributed by atoms with Crippen LogP contribution in [0.5, 0.6) is 0 Å². The molecule has 0 aromatic heterocycles. The van der Waals surface area contributed by atoms with Crippen molar-refractivity contribution in [2.24, 2.45) is 0 Å². The SMILES string of the molecule is CCCCCSC(C)C(=O)Nc1c(Cl)cc(N)cc1Cl. The number of anilines is 2. The highest BCUT2D eigenvalue weighted by atomic mass is 35.5. The van der Waals surface area contributed by atoms with Crippen molar-refractivity contribution >= 4 is 52.2 Å². The Labute approximate surface area is 134 Å². The van der Waals surface area contributed by atoms with E-state index in [1.807, 2.05) is 6.92 Å². The first-order chi connectivity index (χ1) is 9.45. The van der Waals surface area contributed by atoms with Gasteiger partial charge < -0.3 is 11.1 Å². The summed E-state index contributed by atoms with van der Waals surface area (Å²) in [6, 6.07) is 3.14. The molecule has 3 N–H and O–H groups in total. The predicted octanol–water partition coefficient (Wildman–Crippen LogP) is 4.83. The minimum Gasteiger partial charge on any atom is -0.399 e. The maximum absolute atomic E-state index is 12.1. The van der Waals surface area contributed by atoms with Crippen molar-refractivity contribution in [1.82, 2.24) is 0 Å². The lowest BCUT2D eigenvalue weighted by atomic mass is 10.2. The number of unbranched alkanes of at least 4 members (excludes halogenated alkanes) is 2. The maximum atomic E-state index is 12.1. The molecular formula is C14H20Cl2N2OS. The molecule has 0 fully saturated rings. The Morgan fingerprint density at radius 1 is 1.35 bits per heavy atom. The minimum absolute atomic E-state index is 0.0972. The van der Waals surface area contributed by atoms with Gasteiger partial charge >= 0.3 is 0 Å². The zero-order valence-electron chi connectivity index (χ0n) is 11.7. The molecule has 1 amide bonds. The molecule has 112 valence electrons. The van der Waals surface area contributed by atoms with E-state index >= 15 is 0 Å². The number of carbonyl (C=O) groups is 1. The third kappa shape index (κ3) is 5.43. The van der Waals surface area contributed by atoms with Crippen molar-refractivity contribution in [3.63, 3.8) is 0 Å². The highest BCUT2D eigenvalue weighted by Gasteiger charge is 2.16. The number of hydrogen-bond acceptors (Lipinski definition) is 3. The first kappa shape index (κ1) is 17.5. The number of nitrogen functional groups attached to an aromatic ring is 1. The molecule has 0 saturated carbocycles. The number of benzene rings is 1. The van der Waals surface area contributed by atoms with Crippen molar-refractivity contribution < 1.29 is 4.79 Å². The fourth-order valence-electron chi connectivity index (χ4n) is 1.62. The van der Waals surface area contributed by atoms with E-state index < -0.39 is 0 Å². The molecule has 0 aliphatic carbocycles. The Kier molecular flexibility index (Phi) is 7.56. The number of nitrogens with one attached hydrogen (secondary N) is 1. The number of nitrogens with two attached hydrogens (primary N) is 1. The number of amides is 1. The topological polar surface area (TPSA) is 55.1 Å². The minimum atomic E-state index is -0.142. The lowest BCUT2D eigenvalue weighted by Crippen LogP contribution is -2.23. The monoisotopic (exact) mass is 334 g/mol. The van der Waals surface area contributed by atoms with Gasteiger partial charge in [-0.2, -0.15) is 0 Å². The van der Waals surface area contributed by atoms with E-state index in [2.05, 4.69) is 12.2 Å². The Balaban J connectivity index is 2.57. The first-order valence-electron chi connectivity index (χ1n) is 6.62. The summed E-state index contributed by atoms with van der Waals surface area (Å²) in [5.41, 5.74) is 6.52. The molecule has 3 nitrogen and oxygen atoms in total. The van der Waals surface area contributed by atoms with Gasteiger partial charge in [0.2, 0.25) is 5.91 Å². The van der Waals surface area contributed by atoms with E-state index in [0.717, 1.165) is 12.2 Å². The van der Waals surface area contributed by atoms with Crippen LogP contribution < -0.4 is 11.1 Å². The molecule has 1 unspecified atom stereocenters. The molecule has 1 rings (SSSR count). The van der Waals surface area contributed by atoms with Gasteiger partial charge in [0, 0.05) is 5.69 Å². The molecule has 0 aliphatic rings. The molecule has 0 spiro atoms. The summed E-state index contributed by atoms with van der Waals surface area (Å²) in [6.07, 6.45) is 3.50. The third-order valence-corrected chi connectivity index (χ3v) is 4.63. The van der Waals surface area contributed by atoms with Gasteiger partial charge in [0.1, 0.15) is 0 Å². The second-order valence-electron chi connectivity index (χ2n) is 4.57. The van der Waals surface area contributed by atoms with Crippen LogP contribution in [0.4, 0.5) is 11.4 Å². The molecule has 6 heteroatoms. The molecule has 1 atom stereocenters. The van der Waals surface area contributed by atoms with Gasteiger partial charge in [0.05, 0.1) is 21.0 Å². The lowest BCUT2D eigenvalue weighted by Gasteiger charge is -2.14. The summed E-state index contributed by atoms with van der Waals surface area (Å²) >= 11 is 13.7. The van der Waals surface area contributed by atoms with Crippen molar-refractivity contribution in [3.8, 4) is 0 Å². The smallest absolute Gasteiger partial charge is 0.237 e. The number of hydrogen-bond donors (Lipinski definition) is 2. The summed E-state index contributed by atoms with van der Waals surface area (Å²) in [5.74, 6) is 0.881. The molecule has 0 radical (unpaired) electrons. The molecule has 0 heterocycles. The van der Waals surface area contributed by atoms with E-state index in [1.165, 1.54) is 12.8 Å². The number of carbonyl (C=O) groups excluding carboxylic acids is 1. The highest BCUT2D eigenvalue weighted by molar-refractivity contribution is 8.00. The van der Waals surface area contributed by atoms with Crippen LogP contribution in [0.25, 0.3) is 0 Å². The number of halogens is 2. The van der Waals surface area contributed by atoms with Crippen LogP contribution in [0.2, 0.25) is 10.0 Å². The normalized spacial score (nSPS) is 12.2. The largest absolute Gasteiger partial charge is 0.399 e. The van der Waals surface area contributed by atoms with Gasteiger partial charge in [-0.25, -0.2) is 0 Å². The van der Waals surface area contributed by atoms with Crippen LogP contribution in [0.1, 0.15) is 33.1 Å². The molecule has 0 saturated heterocycles. The molecule has 0 bridgehead atoms. The summed E-state index contributed by atoms with van der Waals surface area (Å²) in [7, 11) is 0. The van der Waals surface area contributed by atoms with E-state index in [0.29, 0.717) is 21.4 Å². The van der Waals surface area contributed by atoms with Crippen LogP contribution >= 0.6 is 35.0 Å². The van der Waals surface area contributed by atoms with E-state index in [-0.39, 0.29) is 11.2 Å². The van der Waals surface area contributed by atoms with Gasteiger partial charge in [-0.3, -0.25) is 4.79 Å². The fourth-order valence-corrected chi connectivity index (χ4v) is 3.16. The Hall–Kier alpha value is -0.580. The number of rotatable bonds is 7. The highest BCUT2D eigenvalue weighted by Crippen LogP contribution is 2.33. The predicted molar refractivity (Wildman–Crippen MR) is 90.9 cm³/mol. The summed E-state index contributed by atoms with van der Waals surface area (Å²) in [6.45, 7) is 4.04. The van der Waals surface area contributed by atoms with Crippen LogP contribution in [0.3, 0.4) is 0 Å². The summed E-state index contributed by atoms with van der Waals surface area (Å²) in [5, 5.41) is 3.33. The summed E-state index contributed by atoms with van der Waals surface area (Å²) in [4.78, 5) is 12.1. The second kappa shape index (κ2) is 8.65. The van der Waals surface area contributed by atoms with E-state index in [9.17, 15) is 4.79 Å². The van der Waals surface area contributed by atoms with Crippen LogP contribution in [0.15, 0.2) is 12.1 Å². The molecule has 1 aromatic carbocycles. The van der Waals surface area contributed by atoms with Crippen LogP contribution in [-0.2, 0) is 4.79 Å². The van der Waals surface area contributed by atoms with Crippen molar-refractivity contribution in [3.05, 3.63) is 22.2 Å². The van der Waals surface area contributed by atoms with Crippen LogP contribution in [-0.4, -0.2) is 16.9 Å². The lowest BCUT2D eigenvalue weighted by molar-refractivity contribution is -0.115. The Morgan fingerprint density at radius 2 is 1.95 bits per heavy atom. The average Bonchev–Trinajstić information content (AvgIpc) is 2.38. The van der Waals surface area contributed by atoms with Crippen molar-refractivity contribution in [2.45, 2.75) is 38.4 Å². The van der Waals surface area contributed by atoms with Gasteiger partial charge in [-0.15, -0.1) is 11.8 Å². The number of thioether (sulfide) groups is 1. The van der Waals surface area contributed by atoms with Gasteiger partial charge in [-0.1, -0.05) is 43.0 Å². The van der Waals surface area contributed by atoms with E-state index in [4.69, 9.17) is 28.9 Å². The molecule has 1 aromatic rings. The standard InChI is InChI=1S/C14H20Cl2N2OS/c1-3-4-5-6-20-9(2)14(19)18-13-11(15)7-10(17)8-12(13)16/h7-9H,3-6,17H2,1-2H3,(H,18,19). The summed E-state index contributed by atoms with van der Waals surface area (Å²) < 4.78 is 0.